The zero-order valence-corrected chi connectivity index (χ0v) is 12.7. The number of alkyl halides is 3. The summed E-state index contributed by atoms with van der Waals surface area (Å²) in [7, 11) is 0. The number of halogens is 3. The second-order valence-corrected chi connectivity index (χ2v) is 6.58. The van der Waals surface area contributed by atoms with E-state index in [2.05, 4.69) is 19.2 Å². The molecule has 1 saturated carbocycles. The molecule has 4 heteroatoms. The van der Waals surface area contributed by atoms with Crippen LogP contribution in [0.15, 0.2) is 24.3 Å². The molecule has 0 saturated heterocycles. The number of rotatable bonds is 7. The van der Waals surface area contributed by atoms with Gasteiger partial charge in [0.2, 0.25) is 0 Å². The second-order valence-electron chi connectivity index (χ2n) is 6.58. The summed E-state index contributed by atoms with van der Waals surface area (Å²) in [5.74, 6) is 0.955. The fraction of sp³-hybridized carbons (Fsp3) is 0.647. The molecule has 0 spiro atoms. The molecule has 1 aromatic carbocycles. The Hall–Kier alpha value is -1.03. The zero-order chi connectivity index (χ0) is 15.5. The molecule has 1 unspecified atom stereocenters. The molecule has 1 aromatic rings. The van der Waals surface area contributed by atoms with E-state index >= 15 is 0 Å². The molecule has 21 heavy (non-hydrogen) atoms. The van der Waals surface area contributed by atoms with E-state index in [0.29, 0.717) is 24.3 Å². The summed E-state index contributed by atoms with van der Waals surface area (Å²) in [5.41, 5.74) is 0.242. The van der Waals surface area contributed by atoms with Gasteiger partial charge in [-0.25, -0.2) is 0 Å². The molecule has 1 nitrogen and oxygen atoms in total. The van der Waals surface area contributed by atoms with Crippen LogP contribution in [0.1, 0.15) is 44.2 Å². The van der Waals surface area contributed by atoms with Crippen molar-refractivity contribution < 1.29 is 13.2 Å². The van der Waals surface area contributed by atoms with Crippen molar-refractivity contribution in [2.75, 3.05) is 6.54 Å². The normalized spacial score (nSPS) is 17.2. The lowest BCUT2D eigenvalue weighted by Crippen LogP contribution is -2.27. The van der Waals surface area contributed by atoms with Gasteiger partial charge in [-0.2, -0.15) is 13.2 Å². The van der Waals surface area contributed by atoms with Crippen molar-refractivity contribution in [1.29, 1.82) is 0 Å². The van der Waals surface area contributed by atoms with Crippen LogP contribution >= 0.6 is 0 Å². The van der Waals surface area contributed by atoms with Crippen LogP contribution in [0.4, 0.5) is 13.2 Å². The molecule has 2 rings (SSSR count). The highest BCUT2D eigenvalue weighted by molar-refractivity contribution is 5.26. The average Bonchev–Trinajstić information content (AvgIpc) is 3.18. The highest BCUT2D eigenvalue weighted by Crippen LogP contribution is 2.30. The number of nitrogens with one attached hydrogen (secondary N) is 1. The van der Waals surface area contributed by atoms with Crippen molar-refractivity contribution in [3.05, 3.63) is 35.4 Å². The fourth-order valence-corrected chi connectivity index (χ4v) is 2.73. The van der Waals surface area contributed by atoms with Gasteiger partial charge in [0.1, 0.15) is 0 Å². The standard InChI is InChI=1S/C17H24F3N/c1-12(2)8-14(11-21-16-6-7-16)9-13-4-3-5-15(10-13)17(18,19)20/h3-5,10,12,14,16,21H,6-9,11H2,1-2H3. The molecule has 1 fully saturated rings. The smallest absolute Gasteiger partial charge is 0.314 e. The summed E-state index contributed by atoms with van der Waals surface area (Å²) < 4.78 is 38.3. The van der Waals surface area contributed by atoms with Gasteiger partial charge in [0.25, 0.3) is 0 Å². The molecule has 1 N–H and O–H groups in total. The molecule has 0 bridgehead atoms. The lowest BCUT2D eigenvalue weighted by atomic mass is 9.90. The first-order valence-corrected chi connectivity index (χ1v) is 7.74. The van der Waals surface area contributed by atoms with Crippen molar-refractivity contribution in [3.63, 3.8) is 0 Å². The van der Waals surface area contributed by atoms with E-state index in [1.165, 1.54) is 25.0 Å². The molecular weight excluding hydrogens is 275 g/mol. The molecule has 0 amide bonds. The highest BCUT2D eigenvalue weighted by atomic mass is 19.4. The predicted molar refractivity (Wildman–Crippen MR) is 79.1 cm³/mol. The summed E-state index contributed by atoms with van der Waals surface area (Å²) in [5, 5.41) is 3.50. The lowest BCUT2D eigenvalue weighted by molar-refractivity contribution is -0.137. The molecule has 1 aliphatic rings. The van der Waals surface area contributed by atoms with E-state index in [4.69, 9.17) is 0 Å². The van der Waals surface area contributed by atoms with Gasteiger partial charge >= 0.3 is 6.18 Å². The van der Waals surface area contributed by atoms with Crippen molar-refractivity contribution in [2.24, 2.45) is 11.8 Å². The average molecular weight is 299 g/mol. The van der Waals surface area contributed by atoms with Gasteiger partial charge in [0, 0.05) is 6.04 Å². The van der Waals surface area contributed by atoms with Crippen molar-refractivity contribution >= 4 is 0 Å². The molecular formula is C17H24F3N. The van der Waals surface area contributed by atoms with Crippen molar-refractivity contribution in [2.45, 2.75) is 51.7 Å². The van der Waals surface area contributed by atoms with Crippen LogP contribution in [0.3, 0.4) is 0 Å². The van der Waals surface area contributed by atoms with Gasteiger partial charge in [-0.15, -0.1) is 0 Å². The van der Waals surface area contributed by atoms with Crippen LogP contribution in [0.25, 0.3) is 0 Å². The lowest BCUT2D eigenvalue weighted by Gasteiger charge is -2.20. The van der Waals surface area contributed by atoms with Crippen LogP contribution in [0, 0.1) is 11.8 Å². The first-order valence-electron chi connectivity index (χ1n) is 7.74. The molecule has 118 valence electrons. The van der Waals surface area contributed by atoms with Crippen LogP contribution < -0.4 is 5.32 Å². The molecule has 1 aliphatic carbocycles. The maximum Gasteiger partial charge on any atom is 0.416 e. The third-order valence-electron chi connectivity index (χ3n) is 3.86. The minimum Gasteiger partial charge on any atom is -0.314 e. The topological polar surface area (TPSA) is 12.0 Å². The SMILES string of the molecule is CC(C)CC(CNC1CC1)Cc1cccc(C(F)(F)F)c1. The number of hydrogen-bond acceptors (Lipinski definition) is 1. The van der Waals surface area contributed by atoms with E-state index in [0.717, 1.165) is 24.6 Å². The maximum atomic E-state index is 12.8. The molecule has 0 aromatic heterocycles. The summed E-state index contributed by atoms with van der Waals surface area (Å²) in [4.78, 5) is 0. The number of hydrogen-bond donors (Lipinski definition) is 1. The molecule has 0 aliphatic heterocycles. The monoisotopic (exact) mass is 299 g/mol. The Kier molecular flexibility index (Phi) is 5.31. The van der Waals surface area contributed by atoms with E-state index in [1.807, 2.05) is 0 Å². The predicted octanol–water partition coefficient (Wildman–Crippen LogP) is 4.66. The van der Waals surface area contributed by atoms with E-state index in [9.17, 15) is 13.2 Å². The first-order chi connectivity index (χ1) is 9.84. The Morgan fingerprint density at radius 3 is 2.52 bits per heavy atom. The largest absolute Gasteiger partial charge is 0.416 e. The van der Waals surface area contributed by atoms with Gasteiger partial charge in [-0.3, -0.25) is 0 Å². The fourth-order valence-electron chi connectivity index (χ4n) is 2.73. The summed E-state index contributed by atoms with van der Waals surface area (Å²) >= 11 is 0. The summed E-state index contributed by atoms with van der Waals surface area (Å²) in [6, 6.07) is 6.40. The Balaban J connectivity index is 2.00. The van der Waals surface area contributed by atoms with Crippen LogP contribution in [-0.2, 0) is 12.6 Å². The van der Waals surface area contributed by atoms with Crippen LogP contribution in [0.5, 0.6) is 0 Å². The second kappa shape index (κ2) is 6.82. The maximum absolute atomic E-state index is 12.8. The van der Waals surface area contributed by atoms with E-state index < -0.39 is 11.7 Å². The quantitative estimate of drug-likeness (QED) is 0.772. The highest BCUT2D eigenvalue weighted by Gasteiger charge is 2.30. The van der Waals surface area contributed by atoms with Gasteiger partial charge in [-0.05, 0) is 55.7 Å². The molecule has 0 heterocycles. The van der Waals surface area contributed by atoms with Crippen molar-refractivity contribution in [3.8, 4) is 0 Å². The van der Waals surface area contributed by atoms with E-state index in [1.54, 1.807) is 6.07 Å². The third kappa shape index (κ3) is 5.70. The Labute approximate surface area is 124 Å². The van der Waals surface area contributed by atoms with Crippen LogP contribution in [-0.4, -0.2) is 12.6 Å². The molecule has 1 atom stereocenters. The Bertz CT molecular complexity index is 450. The number of benzene rings is 1. The first kappa shape index (κ1) is 16.3. The van der Waals surface area contributed by atoms with Gasteiger partial charge in [0.15, 0.2) is 0 Å². The minimum absolute atomic E-state index is 0.397. The van der Waals surface area contributed by atoms with Gasteiger partial charge in [0.05, 0.1) is 5.56 Å². The summed E-state index contributed by atoms with van der Waals surface area (Å²) in [6.45, 7) is 5.23. The zero-order valence-electron chi connectivity index (χ0n) is 12.7. The minimum atomic E-state index is -4.25. The Morgan fingerprint density at radius 1 is 1.24 bits per heavy atom. The van der Waals surface area contributed by atoms with Crippen molar-refractivity contribution in [1.82, 2.24) is 5.32 Å². The summed E-state index contributed by atoms with van der Waals surface area (Å²) in [6.07, 6.45) is -0.0382. The third-order valence-corrected chi connectivity index (χ3v) is 3.86. The van der Waals surface area contributed by atoms with E-state index in [-0.39, 0.29) is 0 Å². The van der Waals surface area contributed by atoms with Gasteiger partial charge in [-0.1, -0.05) is 32.0 Å². The molecule has 0 radical (unpaired) electrons. The van der Waals surface area contributed by atoms with Gasteiger partial charge < -0.3 is 5.32 Å². The Morgan fingerprint density at radius 2 is 1.95 bits per heavy atom. The van der Waals surface area contributed by atoms with Crippen LogP contribution in [0.2, 0.25) is 0 Å².